The number of fused-ring (bicyclic) bond motifs is 1. The van der Waals surface area contributed by atoms with Crippen molar-refractivity contribution in [3.8, 4) is 17.6 Å². The third-order valence-corrected chi connectivity index (χ3v) is 7.25. The number of nitriles is 1. The summed E-state index contributed by atoms with van der Waals surface area (Å²) in [5.41, 5.74) is 4.69. The number of carbonyl (C=O) groups is 1. The fourth-order valence-corrected chi connectivity index (χ4v) is 5.37. The number of rotatable bonds is 3. The molecule has 1 atom stereocenters. The van der Waals surface area contributed by atoms with E-state index in [9.17, 15) is 10.1 Å². The molecule has 7 heteroatoms. The number of benzene rings is 2. The third kappa shape index (κ3) is 3.43. The molecule has 0 N–H and O–H groups in total. The summed E-state index contributed by atoms with van der Waals surface area (Å²) in [5.74, 6) is 1.55. The van der Waals surface area contributed by atoms with Gasteiger partial charge in [0.2, 0.25) is 6.79 Å². The van der Waals surface area contributed by atoms with Gasteiger partial charge in [-0.05, 0) is 67.3 Å². The molecular weight excluding hydrogens is 462 g/mol. The van der Waals surface area contributed by atoms with Gasteiger partial charge in [-0.25, -0.2) is 0 Å². The predicted octanol–water partition coefficient (Wildman–Crippen LogP) is 6.18. The summed E-state index contributed by atoms with van der Waals surface area (Å²) >= 11 is 6.54. The monoisotopic (exact) mass is 483 g/mol. The molecule has 35 heavy (non-hydrogen) atoms. The highest BCUT2D eigenvalue weighted by Gasteiger charge is 2.42. The van der Waals surface area contributed by atoms with Crippen LogP contribution in [0.1, 0.15) is 36.3 Å². The fourth-order valence-electron chi connectivity index (χ4n) is 5.20. The summed E-state index contributed by atoms with van der Waals surface area (Å²) in [4.78, 5) is 15.5. The minimum atomic E-state index is -0.508. The van der Waals surface area contributed by atoms with Gasteiger partial charge in [0.25, 0.3) is 0 Å². The molecule has 174 valence electrons. The van der Waals surface area contributed by atoms with Crippen molar-refractivity contribution in [2.75, 3.05) is 11.7 Å². The lowest BCUT2D eigenvalue weighted by Gasteiger charge is -2.41. The van der Waals surface area contributed by atoms with Crippen molar-refractivity contribution >= 4 is 28.9 Å². The number of halogens is 1. The Kier molecular flexibility index (Phi) is 5.16. The van der Waals surface area contributed by atoms with Crippen molar-refractivity contribution in [3.63, 3.8) is 0 Å². The van der Waals surface area contributed by atoms with Gasteiger partial charge in [-0.15, -0.1) is 0 Å². The smallest absolute Gasteiger partial charge is 0.231 e. The van der Waals surface area contributed by atoms with E-state index in [1.807, 2.05) is 77.3 Å². The molecule has 0 bridgehead atoms. The van der Waals surface area contributed by atoms with Gasteiger partial charge in [-0.1, -0.05) is 23.7 Å². The SMILES string of the molecule is Cc1ccc(N2C3=C(C(=O)CCC3)[C@H](c3ccc4c(c3)OCO4)C(C#N)=C2n2cccc2)cc1Cl. The van der Waals surface area contributed by atoms with Gasteiger partial charge >= 0.3 is 0 Å². The molecule has 3 heterocycles. The number of ketones is 1. The number of Topliss-reactive ketones (excluding diaryl/α,β-unsaturated/α-hetero) is 1. The zero-order valence-corrected chi connectivity index (χ0v) is 19.9. The lowest BCUT2D eigenvalue weighted by Crippen LogP contribution is -2.36. The Morgan fingerprint density at radius 1 is 1.06 bits per heavy atom. The van der Waals surface area contributed by atoms with E-state index in [1.165, 1.54) is 0 Å². The molecule has 0 amide bonds. The van der Waals surface area contributed by atoms with Crippen molar-refractivity contribution in [1.29, 1.82) is 5.26 Å². The predicted molar refractivity (Wildman–Crippen MR) is 133 cm³/mol. The average molecular weight is 484 g/mol. The quantitative estimate of drug-likeness (QED) is 0.445. The molecule has 0 radical (unpaired) electrons. The lowest BCUT2D eigenvalue weighted by atomic mass is 9.75. The van der Waals surface area contributed by atoms with Crippen LogP contribution in [0.4, 0.5) is 5.69 Å². The maximum absolute atomic E-state index is 13.5. The number of allylic oxidation sites excluding steroid dienone is 3. The van der Waals surface area contributed by atoms with E-state index in [-0.39, 0.29) is 12.6 Å². The first kappa shape index (κ1) is 21.6. The molecular formula is C28H22ClN3O3. The van der Waals surface area contributed by atoms with Crippen molar-refractivity contribution in [3.05, 3.63) is 93.9 Å². The standard InChI is InChI=1S/C28H22ClN3O3/c1-17-7-9-19(14-21(17)29)32-22-5-4-6-23(33)27(22)26(18-8-10-24-25(13-18)35-16-34-24)20(15-30)28(32)31-11-2-3-12-31/h2-3,7-14,26H,4-6,16H2,1H3/t26-/m1/s1. The number of carbonyl (C=O) groups excluding carboxylic acids is 1. The van der Waals surface area contributed by atoms with Crippen LogP contribution in [0.2, 0.25) is 5.02 Å². The van der Waals surface area contributed by atoms with E-state index < -0.39 is 5.92 Å². The lowest BCUT2D eigenvalue weighted by molar-refractivity contribution is -0.116. The Labute approximate surface area is 208 Å². The van der Waals surface area contributed by atoms with Crippen LogP contribution < -0.4 is 14.4 Å². The van der Waals surface area contributed by atoms with Crippen LogP contribution in [0.25, 0.3) is 5.82 Å². The molecule has 6 nitrogen and oxygen atoms in total. The number of aromatic nitrogens is 1. The van der Waals surface area contributed by atoms with E-state index in [0.717, 1.165) is 35.4 Å². The Balaban J connectivity index is 1.65. The first-order valence-corrected chi connectivity index (χ1v) is 11.9. The fraction of sp³-hybridized carbons (Fsp3) is 0.214. The van der Waals surface area contributed by atoms with E-state index in [2.05, 4.69) is 6.07 Å². The third-order valence-electron chi connectivity index (χ3n) is 6.84. The number of hydrogen-bond donors (Lipinski definition) is 0. The Morgan fingerprint density at radius 2 is 1.86 bits per heavy atom. The highest BCUT2D eigenvalue weighted by molar-refractivity contribution is 6.31. The van der Waals surface area contributed by atoms with Gasteiger partial charge in [-0.3, -0.25) is 9.69 Å². The van der Waals surface area contributed by atoms with E-state index in [1.54, 1.807) is 0 Å². The minimum absolute atomic E-state index is 0.0661. The van der Waals surface area contributed by atoms with Crippen LogP contribution in [-0.4, -0.2) is 17.1 Å². The van der Waals surface area contributed by atoms with Gasteiger partial charge in [0, 0.05) is 40.8 Å². The summed E-state index contributed by atoms with van der Waals surface area (Å²) < 4.78 is 13.1. The number of nitrogens with zero attached hydrogens (tertiary/aromatic N) is 3. The van der Waals surface area contributed by atoms with Crippen LogP contribution in [-0.2, 0) is 4.79 Å². The van der Waals surface area contributed by atoms with Crippen molar-refractivity contribution < 1.29 is 14.3 Å². The zero-order chi connectivity index (χ0) is 24.1. The molecule has 0 unspecified atom stereocenters. The van der Waals surface area contributed by atoms with Gasteiger partial charge in [0.1, 0.15) is 5.82 Å². The molecule has 2 aliphatic heterocycles. The Hall–Kier alpha value is -3.95. The number of hydrogen-bond acceptors (Lipinski definition) is 5. The van der Waals surface area contributed by atoms with Crippen LogP contribution in [0.3, 0.4) is 0 Å². The Bertz CT molecular complexity index is 1460. The molecule has 1 aliphatic carbocycles. The number of aryl methyl sites for hydroxylation is 1. The molecule has 2 aromatic carbocycles. The van der Waals surface area contributed by atoms with Crippen LogP contribution in [0, 0.1) is 18.3 Å². The van der Waals surface area contributed by atoms with E-state index >= 15 is 0 Å². The highest BCUT2D eigenvalue weighted by Crippen LogP contribution is 2.50. The van der Waals surface area contributed by atoms with Crippen LogP contribution in [0.5, 0.6) is 11.5 Å². The first-order valence-electron chi connectivity index (χ1n) is 11.6. The first-order chi connectivity index (χ1) is 17.1. The summed E-state index contributed by atoms with van der Waals surface area (Å²) in [6, 6.07) is 17.8. The summed E-state index contributed by atoms with van der Waals surface area (Å²) in [6.45, 7) is 2.12. The molecule has 3 aliphatic rings. The normalized spacial score (nSPS) is 19.2. The van der Waals surface area contributed by atoms with Gasteiger partial charge in [0.05, 0.1) is 17.6 Å². The molecule has 3 aromatic rings. The number of ether oxygens (including phenoxy) is 2. The molecule has 0 saturated heterocycles. The van der Waals surface area contributed by atoms with Gasteiger partial charge < -0.3 is 14.0 Å². The van der Waals surface area contributed by atoms with Crippen molar-refractivity contribution in [2.45, 2.75) is 32.1 Å². The van der Waals surface area contributed by atoms with Gasteiger partial charge in [0.15, 0.2) is 17.3 Å². The molecule has 1 aromatic heterocycles. The second kappa shape index (κ2) is 8.37. The maximum atomic E-state index is 13.5. The molecule has 0 spiro atoms. The Morgan fingerprint density at radius 3 is 2.63 bits per heavy atom. The molecule has 6 rings (SSSR count). The second-order valence-electron chi connectivity index (χ2n) is 8.89. The van der Waals surface area contributed by atoms with E-state index in [0.29, 0.717) is 39.9 Å². The summed E-state index contributed by atoms with van der Waals surface area (Å²) in [7, 11) is 0. The molecule has 0 saturated carbocycles. The van der Waals surface area contributed by atoms with Crippen LogP contribution >= 0.6 is 11.6 Å². The zero-order valence-electron chi connectivity index (χ0n) is 19.1. The van der Waals surface area contributed by atoms with E-state index in [4.69, 9.17) is 21.1 Å². The average Bonchev–Trinajstić information content (AvgIpc) is 3.56. The van der Waals surface area contributed by atoms with Crippen molar-refractivity contribution in [1.82, 2.24) is 4.57 Å². The van der Waals surface area contributed by atoms with Crippen molar-refractivity contribution in [2.24, 2.45) is 0 Å². The maximum Gasteiger partial charge on any atom is 0.231 e. The van der Waals surface area contributed by atoms with Gasteiger partial charge in [-0.2, -0.15) is 5.26 Å². The second-order valence-corrected chi connectivity index (χ2v) is 9.30. The topological polar surface area (TPSA) is 67.5 Å². The largest absolute Gasteiger partial charge is 0.454 e. The summed E-state index contributed by atoms with van der Waals surface area (Å²) in [6.07, 6.45) is 5.77. The highest BCUT2D eigenvalue weighted by atomic mass is 35.5. The minimum Gasteiger partial charge on any atom is -0.454 e. The number of anilines is 1. The molecule has 0 fully saturated rings. The van der Waals surface area contributed by atoms with Crippen LogP contribution in [0.15, 0.2) is 77.8 Å². The summed E-state index contributed by atoms with van der Waals surface area (Å²) in [5, 5.41) is 11.2.